The van der Waals surface area contributed by atoms with Crippen LogP contribution >= 0.6 is 0 Å². The molecule has 17 heavy (non-hydrogen) atoms. The molecule has 0 saturated carbocycles. The van der Waals surface area contributed by atoms with Crippen molar-refractivity contribution in [2.24, 2.45) is 10.8 Å². The van der Waals surface area contributed by atoms with E-state index >= 15 is 0 Å². The molecule has 0 aliphatic carbocycles. The number of hydrogen-bond acceptors (Lipinski definition) is 4. The molecule has 0 radical (unpaired) electrons. The van der Waals surface area contributed by atoms with E-state index in [1.807, 2.05) is 21.0 Å². The zero-order chi connectivity index (χ0) is 13.5. The van der Waals surface area contributed by atoms with Crippen molar-refractivity contribution in [2.45, 2.75) is 32.4 Å². The smallest absolute Gasteiger partial charge is 0.206 e. The Kier molecular flexibility index (Phi) is 7.10. The van der Waals surface area contributed by atoms with Gasteiger partial charge in [-0.1, -0.05) is 0 Å². The van der Waals surface area contributed by atoms with Gasteiger partial charge in [0, 0.05) is 18.7 Å². The number of aliphatic imine (C=N–C) groups is 1. The van der Waals surface area contributed by atoms with Crippen molar-refractivity contribution in [3.05, 3.63) is 0 Å². The summed E-state index contributed by atoms with van der Waals surface area (Å²) in [6.45, 7) is 7.53. The second-order valence-electron chi connectivity index (χ2n) is 5.02. The number of ether oxygens (including phenoxy) is 1. The van der Waals surface area contributed by atoms with Crippen LogP contribution < -0.4 is 16.6 Å². The first-order chi connectivity index (χ1) is 7.83. The number of nitrogens with zero attached hydrogens (tertiary/aromatic N) is 2. The maximum absolute atomic E-state index is 5.42. The molecule has 0 rings (SSSR count). The number of hydrogen-bond donors (Lipinski definition) is 3. The molecule has 102 valence electrons. The van der Waals surface area contributed by atoms with Crippen LogP contribution in [0.1, 0.15) is 20.8 Å². The highest BCUT2D eigenvalue weighted by Crippen LogP contribution is 2.09. The number of likely N-dealkylation sites (N-methyl/N-ethyl adjacent to an activating group) is 1. The van der Waals surface area contributed by atoms with Gasteiger partial charge in [-0.3, -0.25) is 10.4 Å². The van der Waals surface area contributed by atoms with E-state index in [2.05, 4.69) is 34.5 Å². The summed E-state index contributed by atoms with van der Waals surface area (Å²) in [4.78, 5) is 6.56. The third-order valence-corrected chi connectivity index (χ3v) is 2.77. The van der Waals surface area contributed by atoms with Crippen LogP contribution in [0.2, 0.25) is 0 Å². The third-order valence-electron chi connectivity index (χ3n) is 2.77. The highest BCUT2D eigenvalue weighted by molar-refractivity contribution is 5.79. The third kappa shape index (κ3) is 6.45. The number of nitrogens with two attached hydrogens (primary N) is 1. The standard InChI is InChI=1S/C11H27N5O/c1-9(7-17-6)14-10(15-12)13-8-11(2,3)16(4)5/h9H,7-8,12H2,1-6H3,(H2,13,14,15). The molecule has 6 heteroatoms. The Hall–Kier alpha value is -0.850. The van der Waals surface area contributed by atoms with Crippen molar-refractivity contribution in [2.75, 3.05) is 34.4 Å². The summed E-state index contributed by atoms with van der Waals surface area (Å²) in [5.74, 6) is 6.01. The van der Waals surface area contributed by atoms with Crippen molar-refractivity contribution in [3.8, 4) is 0 Å². The SMILES string of the molecule is COCC(C)NC(=NCC(C)(C)N(C)C)NN. The monoisotopic (exact) mass is 245 g/mol. The van der Waals surface area contributed by atoms with Crippen LogP contribution in [-0.2, 0) is 4.74 Å². The van der Waals surface area contributed by atoms with Crippen molar-refractivity contribution in [1.82, 2.24) is 15.6 Å². The van der Waals surface area contributed by atoms with Crippen LogP contribution in [0.4, 0.5) is 0 Å². The fourth-order valence-corrected chi connectivity index (χ4v) is 1.07. The zero-order valence-corrected chi connectivity index (χ0v) is 11.9. The van der Waals surface area contributed by atoms with Crippen molar-refractivity contribution in [1.29, 1.82) is 0 Å². The molecule has 0 aliphatic rings. The molecule has 0 amide bonds. The van der Waals surface area contributed by atoms with E-state index in [0.29, 0.717) is 19.1 Å². The first-order valence-electron chi connectivity index (χ1n) is 5.77. The van der Waals surface area contributed by atoms with Crippen LogP contribution in [0.5, 0.6) is 0 Å². The number of guanidine groups is 1. The number of nitrogens with one attached hydrogen (secondary N) is 2. The largest absolute Gasteiger partial charge is 0.383 e. The summed E-state index contributed by atoms with van der Waals surface area (Å²) >= 11 is 0. The van der Waals surface area contributed by atoms with Crippen molar-refractivity contribution < 1.29 is 4.74 Å². The Labute approximate surface area is 105 Å². The average molecular weight is 245 g/mol. The summed E-state index contributed by atoms with van der Waals surface area (Å²) < 4.78 is 5.04. The van der Waals surface area contributed by atoms with Gasteiger partial charge in [-0.15, -0.1) is 0 Å². The van der Waals surface area contributed by atoms with Gasteiger partial charge in [0.2, 0.25) is 5.96 Å². The highest BCUT2D eigenvalue weighted by atomic mass is 16.5. The van der Waals surface area contributed by atoms with Crippen LogP contribution in [0.15, 0.2) is 4.99 Å². The number of methoxy groups -OCH3 is 1. The maximum Gasteiger partial charge on any atom is 0.206 e. The number of hydrazine groups is 1. The minimum absolute atomic E-state index is 0.00568. The van der Waals surface area contributed by atoms with Crippen LogP contribution in [-0.4, -0.2) is 56.8 Å². The molecule has 0 fully saturated rings. The Morgan fingerprint density at radius 3 is 2.47 bits per heavy atom. The van der Waals surface area contributed by atoms with Crippen molar-refractivity contribution >= 4 is 5.96 Å². The minimum atomic E-state index is -0.00568. The summed E-state index contributed by atoms with van der Waals surface area (Å²) in [6, 6.07) is 0.164. The molecule has 0 bridgehead atoms. The predicted molar refractivity (Wildman–Crippen MR) is 71.9 cm³/mol. The average Bonchev–Trinajstić information content (AvgIpc) is 2.24. The lowest BCUT2D eigenvalue weighted by Crippen LogP contribution is -2.48. The second-order valence-corrected chi connectivity index (χ2v) is 5.02. The molecule has 1 atom stereocenters. The molecule has 4 N–H and O–H groups in total. The van der Waals surface area contributed by atoms with Gasteiger partial charge >= 0.3 is 0 Å². The van der Waals surface area contributed by atoms with Gasteiger partial charge in [-0.2, -0.15) is 0 Å². The molecule has 0 heterocycles. The van der Waals surface area contributed by atoms with Gasteiger partial charge in [-0.25, -0.2) is 5.84 Å². The first-order valence-corrected chi connectivity index (χ1v) is 5.77. The van der Waals surface area contributed by atoms with Gasteiger partial charge in [-0.05, 0) is 34.9 Å². The maximum atomic E-state index is 5.42. The lowest BCUT2D eigenvalue weighted by atomic mass is 10.1. The van der Waals surface area contributed by atoms with E-state index in [9.17, 15) is 0 Å². The molecule has 0 aromatic heterocycles. The van der Waals surface area contributed by atoms with Gasteiger partial charge in [0.25, 0.3) is 0 Å². The Bertz CT molecular complexity index is 240. The topological polar surface area (TPSA) is 74.9 Å². The fraction of sp³-hybridized carbons (Fsp3) is 0.909. The Morgan fingerprint density at radius 2 is 2.06 bits per heavy atom. The Balaban J connectivity index is 4.36. The van der Waals surface area contributed by atoms with E-state index in [-0.39, 0.29) is 11.6 Å². The summed E-state index contributed by atoms with van der Waals surface area (Å²) in [7, 11) is 5.73. The Morgan fingerprint density at radius 1 is 1.47 bits per heavy atom. The first kappa shape index (κ1) is 16.1. The fourth-order valence-electron chi connectivity index (χ4n) is 1.07. The van der Waals surface area contributed by atoms with E-state index in [0.717, 1.165) is 0 Å². The van der Waals surface area contributed by atoms with Gasteiger partial charge in [0.1, 0.15) is 0 Å². The van der Waals surface area contributed by atoms with Gasteiger partial charge < -0.3 is 15.0 Å². The highest BCUT2D eigenvalue weighted by Gasteiger charge is 2.20. The van der Waals surface area contributed by atoms with Crippen LogP contribution in [0, 0.1) is 0 Å². The molecular formula is C11H27N5O. The van der Waals surface area contributed by atoms with E-state index in [1.54, 1.807) is 7.11 Å². The molecule has 1 unspecified atom stereocenters. The molecule has 0 aromatic rings. The summed E-state index contributed by atoms with van der Waals surface area (Å²) in [6.07, 6.45) is 0. The summed E-state index contributed by atoms with van der Waals surface area (Å²) in [5, 5.41) is 3.15. The van der Waals surface area contributed by atoms with E-state index in [1.165, 1.54) is 0 Å². The number of rotatable bonds is 6. The molecule has 0 saturated heterocycles. The molecule has 0 aliphatic heterocycles. The lowest BCUT2D eigenvalue weighted by molar-refractivity contribution is 0.178. The van der Waals surface area contributed by atoms with Crippen molar-refractivity contribution in [3.63, 3.8) is 0 Å². The van der Waals surface area contributed by atoms with E-state index < -0.39 is 0 Å². The van der Waals surface area contributed by atoms with Crippen LogP contribution in [0.25, 0.3) is 0 Å². The summed E-state index contributed by atoms with van der Waals surface area (Å²) in [5.41, 5.74) is 2.56. The normalized spacial score (nSPS) is 14.9. The lowest BCUT2D eigenvalue weighted by Gasteiger charge is -2.31. The van der Waals surface area contributed by atoms with E-state index in [4.69, 9.17) is 10.6 Å². The quantitative estimate of drug-likeness (QED) is 0.261. The van der Waals surface area contributed by atoms with Gasteiger partial charge in [0.05, 0.1) is 13.2 Å². The molecule has 6 nitrogen and oxygen atoms in total. The predicted octanol–water partition coefficient (Wildman–Crippen LogP) is -0.230. The zero-order valence-electron chi connectivity index (χ0n) is 11.9. The minimum Gasteiger partial charge on any atom is -0.383 e. The van der Waals surface area contributed by atoms with Gasteiger partial charge in [0.15, 0.2) is 0 Å². The molecule has 0 aromatic carbocycles. The second kappa shape index (κ2) is 7.47. The van der Waals surface area contributed by atoms with Crippen LogP contribution in [0.3, 0.4) is 0 Å². The molecule has 0 spiro atoms. The molecular weight excluding hydrogens is 218 g/mol.